The lowest BCUT2D eigenvalue weighted by Gasteiger charge is -2.35. The van der Waals surface area contributed by atoms with Gasteiger partial charge in [-0.1, -0.05) is 24.3 Å². The van der Waals surface area contributed by atoms with Crippen molar-refractivity contribution in [3.05, 3.63) is 47.5 Å². The van der Waals surface area contributed by atoms with Crippen LogP contribution < -0.4 is 5.32 Å². The van der Waals surface area contributed by atoms with Crippen LogP contribution in [0.15, 0.2) is 30.6 Å². The van der Waals surface area contributed by atoms with Crippen molar-refractivity contribution < 1.29 is 4.79 Å². The van der Waals surface area contributed by atoms with E-state index in [0.717, 1.165) is 38.5 Å². The van der Waals surface area contributed by atoms with Gasteiger partial charge in [0.2, 0.25) is 0 Å². The van der Waals surface area contributed by atoms with E-state index in [4.69, 9.17) is 0 Å². The molecule has 1 aromatic carbocycles. The lowest BCUT2D eigenvalue weighted by atomic mass is 10.1. The minimum Gasteiger partial charge on any atom is -0.328 e. The Labute approximate surface area is 148 Å². The first-order chi connectivity index (χ1) is 12.0. The second-order valence-electron chi connectivity index (χ2n) is 6.66. The number of carbonyl (C=O) groups is 1. The third kappa shape index (κ3) is 4.17. The number of nitrogens with one attached hydrogen (secondary N) is 1. The molecule has 0 spiro atoms. The van der Waals surface area contributed by atoms with Crippen LogP contribution in [0.2, 0.25) is 0 Å². The third-order valence-corrected chi connectivity index (χ3v) is 4.79. The molecule has 1 saturated heterocycles. The van der Waals surface area contributed by atoms with Gasteiger partial charge in [-0.25, -0.2) is 4.79 Å². The zero-order chi connectivity index (χ0) is 17.8. The highest BCUT2D eigenvalue weighted by Gasteiger charge is 2.23. The molecule has 1 unspecified atom stereocenters. The molecule has 0 radical (unpaired) electrons. The Morgan fingerprint density at radius 2 is 1.96 bits per heavy atom. The average molecular weight is 342 g/mol. The van der Waals surface area contributed by atoms with Crippen molar-refractivity contribution in [1.82, 2.24) is 29.9 Å². The average Bonchev–Trinajstić information content (AvgIpc) is 3.03. The van der Waals surface area contributed by atoms with Crippen LogP contribution in [0.25, 0.3) is 0 Å². The predicted molar refractivity (Wildman–Crippen MR) is 96.0 cm³/mol. The van der Waals surface area contributed by atoms with E-state index >= 15 is 0 Å². The number of carbonyl (C=O) groups excluding carboxylic acids is 1. The molecule has 1 N–H and O–H groups in total. The van der Waals surface area contributed by atoms with Gasteiger partial charge in [-0.15, -0.1) is 10.2 Å². The Morgan fingerprint density at radius 1 is 1.24 bits per heavy atom. The molecule has 7 nitrogen and oxygen atoms in total. The van der Waals surface area contributed by atoms with Crippen LogP contribution >= 0.6 is 0 Å². The van der Waals surface area contributed by atoms with E-state index in [1.807, 2.05) is 23.4 Å². The summed E-state index contributed by atoms with van der Waals surface area (Å²) >= 11 is 0. The molecule has 0 aliphatic carbocycles. The summed E-state index contributed by atoms with van der Waals surface area (Å²) in [6.45, 7) is 8.27. The predicted octanol–water partition coefficient (Wildman–Crippen LogP) is 1.71. The van der Waals surface area contributed by atoms with Crippen LogP contribution in [0.4, 0.5) is 4.79 Å². The van der Waals surface area contributed by atoms with E-state index in [2.05, 4.69) is 51.6 Å². The summed E-state index contributed by atoms with van der Waals surface area (Å²) in [4.78, 5) is 16.8. The lowest BCUT2D eigenvalue weighted by Crippen LogP contribution is -2.51. The second kappa shape index (κ2) is 7.65. The number of piperazine rings is 1. The Bertz CT molecular complexity index is 720. The van der Waals surface area contributed by atoms with Gasteiger partial charge in [0.15, 0.2) is 5.82 Å². The molecule has 1 atom stereocenters. The molecule has 1 aliphatic rings. The molecule has 134 valence electrons. The molecule has 0 saturated carbocycles. The quantitative estimate of drug-likeness (QED) is 0.919. The van der Waals surface area contributed by atoms with E-state index < -0.39 is 0 Å². The van der Waals surface area contributed by atoms with Gasteiger partial charge in [0.1, 0.15) is 6.33 Å². The molecule has 2 aromatic rings. The SMILES string of the molecule is Cc1ccccc1CN1CCN(C(=O)NC(C)c2nncn2C)CC1. The van der Waals surface area contributed by atoms with Crippen LogP contribution in [-0.2, 0) is 13.6 Å². The Hall–Kier alpha value is -2.41. The number of benzene rings is 1. The first-order valence-corrected chi connectivity index (χ1v) is 8.71. The van der Waals surface area contributed by atoms with Gasteiger partial charge in [0.25, 0.3) is 0 Å². The zero-order valence-corrected chi connectivity index (χ0v) is 15.1. The summed E-state index contributed by atoms with van der Waals surface area (Å²) in [7, 11) is 1.88. The lowest BCUT2D eigenvalue weighted by molar-refractivity contribution is 0.133. The minimum absolute atomic E-state index is 0.0361. The molecule has 7 heteroatoms. The van der Waals surface area contributed by atoms with Gasteiger partial charge >= 0.3 is 6.03 Å². The number of rotatable bonds is 4. The van der Waals surface area contributed by atoms with Crippen molar-refractivity contribution in [1.29, 1.82) is 0 Å². The first-order valence-electron chi connectivity index (χ1n) is 8.71. The zero-order valence-electron chi connectivity index (χ0n) is 15.1. The van der Waals surface area contributed by atoms with E-state index in [1.165, 1.54) is 11.1 Å². The number of urea groups is 1. The number of hydrogen-bond donors (Lipinski definition) is 1. The third-order valence-electron chi connectivity index (χ3n) is 4.79. The highest BCUT2D eigenvalue weighted by atomic mass is 16.2. The first kappa shape index (κ1) is 17.4. The molecule has 1 aromatic heterocycles. The highest BCUT2D eigenvalue weighted by molar-refractivity contribution is 5.74. The van der Waals surface area contributed by atoms with E-state index in [-0.39, 0.29) is 12.1 Å². The molecule has 3 rings (SSSR count). The van der Waals surface area contributed by atoms with Crippen LogP contribution in [-0.4, -0.2) is 56.8 Å². The normalized spacial score (nSPS) is 16.7. The fourth-order valence-electron chi connectivity index (χ4n) is 3.16. The Balaban J connectivity index is 1.49. The van der Waals surface area contributed by atoms with Gasteiger partial charge < -0.3 is 14.8 Å². The largest absolute Gasteiger partial charge is 0.328 e. The van der Waals surface area contributed by atoms with Crippen molar-refractivity contribution in [3.8, 4) is 0 Å². The number of hydrogen-bond acceptors (Lipinski definition) is 4. The van der Waals surface area contributed by atoms with Crippen molar-refractivity contribution in [2.24, 2.45) is 7.05 Å². The van der Waals surface area contributed by atoms with Gasteiger partial charge in [-0.3, -0.25) is 4.90 Å². The maximum Gasteiger partial charge on any atom is 0.318 e. The maximum atomic E-state index is 12.5. The number of aromatic nitrogens is 3. The van der Waals surface area contributed by atoms with Gasteiger partial charge in [-0.05, 0) is 25.0 Å². The van der Waals surface area contributed by atoms with E-state index in [1.54, 1.807) is 6.33 Å². The van der Waals surface area contributed by atoms with E-state index in [9.17, 15) is 4.79 Å². The number of amides is 2. The minimum atomic E-state index is -0.162. The van der Waals surface area contributed by atoms with Gasteiger partial charge in [0, 0.05) is 39.8 Å². The molecular formula is C18H26N6O. The molecule has 1 fully saturated rings. The van der Waals surface area contributed by atoms with E-state index in [0.29, 0.717) is 0 Å². The van der Waals surface area contributed by atoms with Crippen LogP contribution in [0.5, 0.6) is 0 Å². The Kier molecular flexibility index (Phi) is 5.33. The van der Waals surface area contributed by atoms with Crippen molar-refractivity contribution in [3.63, 3.8) is 0 Å². The fourth-order valence-corrected chi connectivity index (χ4v) is 3.16. The summed E-state index contributed by atoms with van der Waals surface area (Å²) < 4.78 is 1.82. The van der Waals surface area contributed by atoms with Crippen LogP contribution in [0.3, 0.4) is 0 Å². The highest BCUT2D eigenvalue weighted by Crippen LogP contribution is 2.13. The van der Waals surface area contributed by atoms with Crippen molar-refractivity contribution in [2.75, 3.05) is 26.2 Å². The summed E-state index contributed by atoms with van der Waals surface area (Å²) in [5.41, 5.74) is 2.68. The summed E-state index contributed by atoms with van der Waals surface area (Å²) in [6, 6.07) is 8.28. The molecule has 1 aliphatic heterocycles. The number of nitrogens with zero attached hydrogens (tertiary/aromatic N) is 5. The smallest absolute Gasteiger partial charge is 0.318 e. The molecule has 2 amide bonds. The molecular weight excluding hydrogens is 316 g/mol. The topological polar surface area (TPSA) is 66.3 Å². The van der Waals surface area contributed by atoms with Crippen molar-refractivity contribution in [2.45, 2.75) is 26.4 Å². The molecule has 0 bridgehead atoms. The van der Waals surface area contributed by atoms with Crippen LogP contribution in [0.1, 0.15) is 29.9 Å². The van der Waals surface area contributed by atoms with Crippen molar-refractivity contribution >= 4 is 6.03 Å². The summed E-state index contributed by atoms with van der Waals surface area (Å²) in [5, 5.41) is 10.9. The summed E-state index contributed by atoms with van der Waals surface area (Å²) in [6.07, 6.45) is 1.64. The molecule has 2 heterocycles. The van der Waals surface area contributed by atoms with Gasteiger partial charge in [-0.2, -0.15) is 0 Å². The maximum absolute atomic E-state index is 12.5. The monoisotopic (exact) mass is 342 g/mol. The standard InChI is InChI=1S/C18H26N6O/c1-14-6-4-5-7-16(14)12-23-8-10-24(11-9-23)18(25)20-15(2)17-21-19-13-22(17)3/h4-7,13,15H,8-12H2,1-3H3,(H,20,25). The summed E-state index contributed by atoms with van der Waals surface area (Å²) in [5.74, 6) is 0.756. The Morgan fingerprint density at radius 3 is 2.60 bits per heavy atom. The fraction of sp³-hybridized carbons (Fsp3) is 0.500. The van der Waals surface area contributed by atoms with Crippen LogP contribution in [0, 0.1) is 6.92 Å². The second-order valence-corrected chi connectivity index (χ2v) is 6.66. The molecule has 25 heavy (non-hydrogen) atoms. The number of aryl methyl sites for hydroxylation is 2. The van der Waals surface area contributed by atoms with Gasteiger partial charge in [0.05, 0.1) is 6.04 Å².